The van der Waals surface area contributed by atoms with Crippen LogP contribution in [-0.4, -0.2) is 88.5 Å². The largest absolute Gasteiger partial charge is 0.495 e. The van der Waals surface area contributed by atoms with Crippen molar-refractivity contribution in [3.8, 4) is 5.75 Å². The second kappa shape index (κ2) is 8.57. The molecule has 1 saturated heterocycles. The lowest BCUT2D eigenvalue weighted by molar-refractivity contribution is 0.0570. The van der Waals surface area contributed by atoms with Crippen molar-refractivity contribution in [1.82, 2.24) is 14.1 Å². The minimum absolute atomic E-state index is 0.0639. The van der Waals surface area contributed by atoms with Crippen LogP contribution in [0.2, 0.25) is 0 Å². The van der Waals surface area contributed by atoms with Crippen molar-refractivity contribution in [1.29, 1.82) is 0 Å². The lowest BCUT2D eigenvalue weighted by Crippen LogP contribution is -2.50. The number of rotatable bonds is 5. The summed E-state index contributed by atoms with van der Waals surface area (Å²) in [5.74, 6) is -0.122. The molecule has 0 saturated carbocycles. The van der Waals surface area contributed by atoms with E-state index in [9.17, 15) is 18.0 Å². The van der Waals surface area contributed by atoms with Crippen LogP contribution in [0.3, 0.4) is 0 Å². The third-order valence-electron chi connectivity index (χ3n) is 4.26. The van der Waals surface area contributed by atoms with Gasteiger partial charge in [-0.2, -0.15) is 0 Å². The molecule has 0 aromatic heterocycles. The first-order valence-electron chi connectivity index (χ1n) is 8.54. The number of benzene rings is 1. The van der Waals surface area contributed by atoms with E-state index in [0.29, 0.717) is 32.8 Å². The first-order chi connectivity index (χ1) is 12.7. The molecule has 0 spiro atoms. The number of amides is 2. The lowest BCUT2D eigenvalue weighted by atomic mass is 10.1. The number of ether oxygens (including phenoxy) is 2. The topological polar surface area (TPSA) is 96.5 Å². The van der Waals surface area contributed by atoms with Gasteiger partial charge >= 0.3 is 6.09 Å². The van der Waals surface area contributed by atoms with E-state index in [2.05, 4.69) is 0 Å². The standard InChI is InChI=1S/C17H25N3O6S/c1-5-26-17(22)20-10-8-19(9-11-20)16(21)13-6-7-14(25-4)15(12-13)27(23,24)18(2)3/h6-7,12H,5,8-11H2,1-4H3. The van der Waals surface area contributed by atoms with Crippen LogP contribution in [0, 0.1) is 0 Å². The summed E-state index contributed by atoms with van der Waals surface area (Å²) < 4.78 is 36.2. The number of sulfonamides is 1. The molecule has 1 heterocycles. The number of nitrogens with zero attached hydrogens (tertiary/aromatic N) is 3. The average molecular weight is 399 g/mol. The zero-order valence-electron chi connectivity index (χ0n) is 16.0. The maximum Gasteiger partial charge on any atom is 0.409 e. The van der Waals surface area contributed by atoms with E-state index in [1.165, 1.54) is 39.4 Å². The van der Waals surface area contributed by atoms with Crippen molar-refractivity contribution < 1.29 is 27.5 Å². The minimum Gasteiger partial charge on any atom is -0.495 e. The molecule has 0 aliphatic carbocycles. The van der Waals surface area contributed by atoms with E-state index in [1.807, 2.05) is 0 Å². The Labute approximate surface area is 159 Å². The van der Waals surface area contributed by atoms with Crippen molar-refractivity contribution >= 4 is 22.0 Å². The van der Waals surface area contributed by atoms with Gasteiger partial charge in [0.15, 0.2) is 0 Å². The molecule has 0 atom stereocenters. The van der Waals surface area contributed by atoms with Crippen LogP contribution in [0.25, 0.3) is 0 Å². The van der Waals surface area contributed by atoms with Gasteiger partial charge in [-0.3, -0.25) is 4.79 Å². The van der Waals surface area contributed by atoms with Gasteiger partial charge in [0.05, 0.1) is 13.7 Å². The van der Waals surface area contributed by atoms with Gasteiger partial charge in [0.2, 0.25) is 10.0 Å². The molecule has 1 aliphatic rings. The first-order valence-corrected chi connectivity index (χ1v) is 9.98. The lowest BCUT2D eigenvalue weighted by Gasteiger charge is -2.34. The quantitative estimate of drug-likeness (QED) is 0.729. The zero-order chi connectivity index (χ0) is 20.2. The van der Waals surface area contributed by atoms with Gasteiger partial charge < -0.3 is 19.3 Å². The number of hydrogen-bond acceptors (Lipinski definition) is 6. The molecule has 2 rings (SSSR count). The highest BCUT2D eigenvalue weighted by Gasteiger charge is 2.28. The molecule has 1 fully saturated rings. The van der Waals surface area contributed by atoms with Crippen LogP contribution in [0.1, 0.15) is 17.3 Å². The third kappa shape index (κ3) is 4.51. The summed E-state index contributed by atoms with van der Waals surface area (Å²) in [7, 11) is 0.440. The normalized spacial score (nSPS) is 15.0. The predicted octanol–water partition coefficient (Wildman–Crippen LogP) is 0.860. The summed E-state index contributed by atoms with van der Waals surface area (Å²) in [5.41, 5.74) is 0.251. The van der Waals surface area contributed by atoms with Crippen LogP contribution in [-0.2, 0) is 14.8 Å². The molecular formula is C17H25N3O6S. The van der Waals surface area contributed by atoms with Gasteiger partial charge in [-0.05, 0) is 25.1 Å². The van der Waals surface area contributed by atoms with Crippen molar-refractivity contribution in [2.24, 2.45) is 0 Å². The fourth-order valence-corrected chi connectivity index (χ4v) is 3.77. The van der Waals surface area contributed by atoms with Gasteiger partial charge in [-0.25, -0.2) is 17.5 Å². The fourth-order valence-electron chi connectivity index (χ4n) is 2.70. The van der Waals surface area contributed by atoms with Gasteiger partial charge in [0.1, 0.15) is 10.6 Å². The van der Waals surface area contributed by atoms with Crippen LogP contribution in [0.4, 0.5) is 4.79 Å². The Morgan fingerprint density at radius 1 is 1.11 bits per heavy atom. The molecule has 0 bridgehead atoms. The summed E-state index contributed by atoms with van der Waals surface area (Å²) in [6.07, 6.45) is -0.395. The van der Waals surface area contributed by atoms with E-state index >= 15 is 0 Å². The predicted molar refractivity (Wildman–Crippen MR) is 98.4 cm³/mol. The molecule has 0 radical (unpaired) electrons. The number of carbonyl (C=O) groups is 2. The molecule has 0 unspecified atom stereocenters. The summed E-state index contributed by atoms with van der Waals surface area (Å²) in [4.78, 5) is 27.6. The summed E-state index contributed by atoms with van der Waals surface area (Å²) in [6.45, 7) is 3.46. The molecule has 2 amide bonds. The van der Waals surface area contributed by atoms with Gasteiger partial charge in [0.25, 0.3) is 5.91 Å². The second-order valence-electron chi connectivity index (χ2n) is 6.13. The molecular weight excluding hydrogens is 374 g/mol. The van der Waals surface area contributed by atoms with Crippen LogP contribution >= 0.6 is 0 Å². The van der Waals surface area contributed by atoms with Gasteiger partial charge in [-0.1, -0.05) is 0 Å². The summed E-state index contributed by atoms with van der Waals surface area (Å²) in [5, 5.41) is 0. The Balaban J connectivity index is 2.20. The molecule has 0 N–H and O–H groups in total. The Kier molecular flexibility index (Phi) is 6.66. The molecule has 1 aromatic carbocycles. The van der Waals surface area contributed by atoms with Crippen molar-refractivity contribution in [2.75, 3.05) is 54.0 Å². The van der Waals surface area contributed by atoms with E-state index in [1.54, 1.807) is 16.7 Å². The number of methoxy groups -OCH3 is 1. The van der Waals surface area contributed by atoms with E-state index in [4.69, 9.17) is 9.47 Å². The molecule has 9 nitrogen and oxygen atoms in total. The van der Waals surface area contributed by atoms with Gasteiger partial charge in [-0.15, -0.1) is 0 Å². The van der Waals surface area contributed by atoms with Crippen molar-refractivity contribution in [2.45, 2.75) is 11.8 Å². The SMILES string of the molecule is CCOC(=O)N1CCN(C(=O)c2ccc(OC)c(S(=O)(=O)N(C)C)c2)CC1. The Bertz CT molecular complexity index is 801. The Morgan fingerprint density at radius 3 is 2.22 bits per heavy atom. The maximum absolute atomic E-state index is 12.8. The number of carbonyl (C=O) groups excluding carboxylic acids is 2. The van der Waals surface area contributed by atoms with E-state index < -0.39 is 16.1 Å². The number of piperazine rings is 1. The minimum atomic E-state index is -3.76. The van der Waals surface area contributed by atoms with E-state index in [0.717, 1.165) is 4.31 Å². The molecule has 1 aromatic rings. The second-order valence-corrected chi connectivity index (χ2v) is 8.25. The highest BCUT2D eigenvalue weighted by atomic mass is 32.2. The van der Waals surface area contributed by atoms with E-state index in [-0.39, 0.29) is 22.1 Å². The Morgan fingerprint density at radius 2 is 1.70 bits per heavy atom. The van der Waals surface area contributed by atoms with Crippen molar-refractivity contribution in [3.05, 3.63) is 23.8 Å². The van der Waals surface area contributed by atoms with Crippen molar-refractivity contribution in [3.63, 3.8) is 0 Å². The molecule has 1 aliphatic heterocycles. The van der Waals surface area contributed by atoms with Crippen LogP contribution in [0.5, 0.6) is 5.75 Å². The average Bonchev–Trinajstić information content (AvgIpc) is 2.67. The summed E-state index contributed by atoms with van der Waals surface area (Å²) >= 11 is 0. The van der Waals surface area contributed by atoms with Crippen LogP contribution in [0.15, 0.2) is 23.1 Å². The highest BCUT2D eigenvalue weighted by molar-refractivity contribution is 7.89. The number of hydrogen-bond donors (Lipinski definition) is 0. The third-order valence-corrected chi connectivity index (χ3v) is 6.10. The molecule has 150 valence electrons. The van der Waals surface area contributed by atoms with Gasteiger partial charge in [0, 0.05) is 45.8 Å². The van der Waals surface area contributed by atoms with Crippen LogP contribution < -0.4 is 4.74 Å². The molecule has 27 heavy (non-hydrogen) atoms. The fraction of sp³-hybridized carbons (Fsp3) is 0.529. The zero-order valence-corrected chi connectivity index (χ0v) is 16.8. The first kappa shape index (κ1) is 21.0. The summed E-state index contributed by atoms with van der Waals surface area (Å²) in [6, 6.07) is 4.33. The highest BCUT2D eigenvalue weighted by Crippen LogP contribution is 2.27. The maximum atomic E-state index is 12.8. The monoisotopic (exact) mass is 399 g/mol. The Hall–Kier alpha value is -2.33. The smallest absolute Gasteiger partial charge is 0.409 e. The molecule has 10 heteroatoms.